The van der Waals surface area contributed by atoms with Gasteiger partial charge in [-0.05, 0) is 56.2 Å². The van der Waals surface area contributed by atoms with E-state index in [1.807, 2.05) is 32.0 Å². The van der Waals surface area contributed by atoms with E-state index in [-0.39, 0.29) is 17.2 Å². The first-order valence-corrected chi connectivity index (χ1v) is 10.1. The molecule has 3 rings (SSSR count). The molecule has 0 unspecified atom stereocenters. The van der Waals surface area contributed by atoms with Gasteiger partial charge in [-0.2, -0.15) is 0 Å². The maximum Gasteiger partial charge on any atom is 0.255 e. The Morgan fingerprint density at radius 3 is 2.61 bits per heavy atom. The fourth-order valence-corrected chi connectivity index (χ4v) is 3.29. The number of nitrogens with two attached hydrogens (primary N) is 1. The van der Waals surface area contributed by atoms with Crippen LogP contribution in [0.15, 0.2) is 66.9 Å². The number of benzene rings is 2. The van der Waals surface area contributed by atoms with Crippen molar-refractivity contribution in [3.63, 3.8) is 0 Å². The lowest BCUT2D eigenvalue weighted by Crippen LogP contribution is -2.43. The van der Waals surface area contributed by atoms with E-state index in [1.54, 1.807) is 42.6 Å². The zero-order valence-electron chi connectivity index (χ0n) is 17.7. The summed E-state index contributed by atoms with van der Waals surface area (Å²) in [4.78, 5) is 16.6. The molecular weight excluding hydrogens is 392 g/mol. The molecule has 0 radical (unpaired) electrons. The number of amides is 1. The highest BCUT2D eigenvalue weighted by Crippen LogP contribution is 2.19. The summed E-state index contributed by atoms with van der Waals surface area (Å²) in [5.41, 5.74) is 8.03. The lowest BCUT2D eigenvalue weighted by molar-refractivity contribution is 0.102. The molecule has 1 aromatic heterocycles. The van der Waals surface area contributed by atoms with E-state index in [0.717, 1.165) is 5.56 Å². The second-order valence-electron chi connectivity index (χ2n) is 8.18. The maximum atomic E-state index is 12.6. The van der Waals surface area contributed by atoms with E-state index in [2.05, 4.69) is 15.6 Å². The van der Waals surface area contributed by atoms with Gasteiger partial charge < -0.3 is 26.6 Å². The number of nitrogen functional groups attached to an aromatic ring is 1. The minimum Gasteiger partial charge on any atom is -0.508 e. The van der Waals surface area contributed by atoms with Gasteiger partial charge in [-0.3, -0.25) is 4.79 Å². The molecule has 0 spiro atoms. The Morgan fingerprint density at radius 1 is 1.13 bits per heavy atom. The summed E-state index contributed by atoms with van der Waals surface area (Å²) in [7, 11) is 0. The minimum absolute atomic E-state index is 0.0938. The third-order valence-corrected chi connectivity index (χ3v) is 4.91. The summed E-state index contributed by atoms with van der Waals surface area (Å²) in [6, 6.07) is 17.3. The van der Waals surface area contributed by atoms with Crippen LogP contribution in [0.2, 0.25) is 0 Å². The van der Waals surface area contributed by atoms with Crippen molar-refractivity contribution >= 4 is 17.4 Å². The number of aliphatic hydroxyl groups is 1. The van der Waals surface area contributed by atoms with Crippen LogP contribution in [-0.4, -0.2) is 33.2 Å². The molecule has 2 aromatic carbocycles. The maximum absolute atomic E-state index is 12.6. The number of hydrogen-bond acceptors (Lipinski definition) is 6. The average Bonchev–Trinajstić information content (AvgIpc) is 2.72. The molecule has 0 saturated carbocycles. The van der Waals surface area contributed by atoms with Crippen LogP contribution in [0.3, 0.4) is 0 Å². The van der Waals surface area contributed by atoms with E-state index in [0.29, 0.717) is 35.6 Å². The van der Waals surface area contributed by atoms with E-state index in [1.165, 1.54) is 6.07 Å². The first kappa shape index (κ1) is 22.3. The molecule has 0 fully saturated rings. The molecule has 0 saturated heterocycles. The monoisotopic (exact) mass is 420 g/mol. The number of aromatic nitrogens is 1. The number of carbonyl (C=O) groups excluding carboxylic acids is 1. The van der Waals surface area contributed by atoms with Gasteiger partial charge in [-0.15, -0.1) is 0 Å². The first-order valence-electron chi connectivity index (χ1n) is 10.1. The van der Waals surface area contributed by atoms with Gasteiger partial charge in [0.25, 0.3) is 5.91 Å². The second-order valence-corrected chi connectivity index (χ2v) is 8.18. The molecule has 1 atom stereocenters. The van der Waals surface area contributed by atoms with Gasteiger partial charge in [-0.25, -0.2) is 4.98 Å². The van der Waals surface area contributed by atoms with Gasteiger partial charge in [0, 0.05) is 41.2 Å². The minimum atomic E-state index is -0.702. The standard InChI is InChI=1S/C24H28N4O3/c1-24(2,27-15-21(30)18-9-10-22(25)26-14-18)13-16-5-3-6-17(11-16)23(31)28-19-7-4-8-20(29)12-19/h3-12,14,21,27,29-30H,13,15H2,1-2H3,(H2,25,26)(H,28,31)/t21-/m0/s1. The normalized spacial score (nSPS) is 12.4. The average molecular weight is 421 g/mol. The van der Waals surface area contributed by atoms with Crippen LogP contribution in [0.1, 0.15) is 41.4 Å². The van der Waals surface area contributed by atoms with Crippen molar-refractivity contribution in [1.29, 1.82) is 0 Å². The lowest BCUT2D eigenvalue weighted by atomic mass is 9.93. The third-order valence-electron chi connectivity index (χ3n) is 4.91. The van der Waals surface area contributed by atoms with Gasteiger partial charge in [0.05, 0.1) is 6.10 Å². The zero-order chi connectivity index (χ0) is 22.4. The van der Waals surface area contributed by atoms with Crippen molar-refractivity contribution in [1.82, 2.24) is 10.3 Å². The van der Waals surface area contributed by atoms with E-state index < -0.39 is 6.10 Å². The third kappa shape index (κ3) is 6.53. The Morgan fingerprint density at radius 2 is 1.90 bits per heavy atom. The summed E-state index contributed by atoms with van der Waals surface area (Å²) in [6.45, 7) is 4.44. The molecule has 1 amide bonds. The van der Waals surface area contributed by atoms with Crippen LogP contribution >= 0.6 is 0 Å². The van der Waals surface area contributed by atoms with Crippen molar-refractivity contribution in [3.05, 3.63) is 83.6 Å². The van der Waals surface area contributed by atoms with Crippen molar-refractivity contribution in [2.24, 2.45) is 0 Å². The van der Waals surface area contributed by atoms with Gasteiger partial charge in [0.1, 0.15) is 11.6 Å². The summed E-state index contributed by atoms with van der Waals surface area (Å²) in [5.74, 6) is 0.262. The van der Waals surface area contributed by atoms with Crippen molar-refractivity contribution in [3.8, 4) is 5.75 Å². The van der Waals surface area contributed by atoms with Crippen molar-refractivity contribution in [2.75, 3.05) is 17.6 Å². The van der Waals surface area contributed by atoms with E-state index in [4.69, 9.17) is 5.73 Å². The van der Waals surface area contributed by atoms with Gasteiger partial charge in [0.15, 0.2) is 0 Å². The molecule has 0 aliphatic carbocycles. The molecule has 0 aliphatic rings. The number of nitrogens with one attached hydrogen (secondary N) is 2. The Balaban J connectivity index is 1.60. The molecule has 7 heteroatoms. The molecule has 3 aromatic rings. The van der Waals surface area contributed by atoms with E-state index in [9.17, 15) is 15.0 Å². The van der Waals surface area contributed by atoms with Crippen molar-refractivity contribution in [2.45, 2.75) is 31.9 Å². The fraction of sp³-hybridized carbons (Fsp3) is 0.250. The molecule has 31 heavy (non-hydrogen) atoms. The number of hydrogen-bond donors (Lipinski definition) is 5. The number of phenols is 1. The SMILES string of the molecule is CC(C)(Cc1cccc(C(=O)Nc2cccc(O)c2)c1)NC[C@H](O)c1ccc(N)nc1. The number of aromatic hydroxyl groups is 1. The Bertz CT molecular complexity index is 1040. The number of carbonyl (C=O) groups is 1. The van der Waals surface area contributed by atoms with Crippen LogP contribution in [0, 0.1) is 0 Å². The number of rotatable bonds is 8. The molecule has 6 N–H and O–H groups in total. The van der Waals surface area contributed by atoms with Crippen LogP contribution < -0.4 is 16.4 Å². The second kappa shape index (κ2) is 9.59. The Kier molecular flexibility index (Phi) is 6.89. The molecule has 7 nitrogen and oxygen atoms in total. The summed E-state index contributed by atoms with van der Waals surface area (Å²) >= 11 is 0. The number of aliphatic hydroxyl groups excluding tert-OH is 1. The van der Waals surface area contributed by atoms with E-state index >= 15 is 0 Å². The number of pyridine rings is 1. The molecule has 0 bridgehead atoms. The topological polar surface area (TPSA) is 120 Å². The van der Waals surface area contributed by atoms with Gasteiger partial charge >= 0.3 is 0 Å². The highest BCUT2D eigenvalue weighted by molar-refractivity contribution is 6.04. The zero-order valence-corrected chi connectivity index (χ0v) is 17.7. The number of anilines is 2. The van der Waals surface area contributed by atoms with Crippen LogP contribution in [0.25, 0.3) is 0 Å². The molecule has 1 heterocycles. The lowest BCUT2D eigenvalue weighted by Gasteiger charge is -2.28. The summed E-state index contributed by atoms with van der Waals surface area (Å²) in [6.07, 6.45) is 1.53. The predicted octanol–water partition coefficient (Wildman–Crippen LogP) is 3.27. The van der Waals surface area contributed by atoms with Gasteiger partial charge in [-0.1, -0.05) is 24.3 Å². The fourth-order valence-electron chi connectivity index (χ4n) is 3.29. The number of phenolic OH excluding ortho intramolecular Hbond substituents is 1. The summed E-state index contributed by atoms with van der Waals surface area (Å²) < 4.78 is 0. The Hall–Kier alpha value is -3.42. The Labute approximate surface area is 182 Å². The predicted molar refractivity (Wildman–Crippen MR) is 122 cm³/mol. The van der Waals surface area contributed by atoms with Crippen LogP contribution in [-0.2, 0) is 6.42 Å². The smallest absolute Gasteiger partial charge is 0.255 e. The highest BCUT2D eigenvalue weighted by atomic mass is 16.3. The van der Waals surface area contributed by atoms with Gasteiger partial charge in [0.2, 0.25) is 0 Å². The summed E-state index contributed by atoms with van der Waals surface area (Å²) in [5, 5.41) is 26.1. The first-order chi connectivity index (χ1) is 14.7. The van der Waals surface area contributed by atoms with Crippen LogP contribution in [0.5, 0.6) is 5.75 Å². The highest BCUT2D eigenvalue weighted by Gasteiger charge is 2.20. The number of nitrogens with zero attached hydrogens (tertiary/aromatic N) is 1. The quantitative estimate of drug-likeness (QED) is 0.381. The molecule has 0 aliphatic heterocycles. The number of β-amino-alcohol motifs (C(OH)–C–C–N with tert-alkyl or cyclic N) is 1. The largest absolute Gasteiger partial charge is 0.508 e. The molecule has 162 valence electrons. The molecular formula is C24H28N4O3. The van der Waals surface area contributed by atoms with Crippen molar-refractivity contribution < 1.29 is 15.0 Å². The van der Waals surface area contributed by atoms with Crippen LogP contribution in [0.4, 0.5) is 11.5 Å².